The SMILES string of the molecule is CCN(N)C1=CC(=O)C=C(O)C1=O. The Balaban J connectivity index is 2.98. The molecule has 1 rings (SSSR count). The van der Waals surface area contributed by atoms with Crippen molar-refractivity contribution in [1.29, 1.82) is 0 Å². The van der Waals surface area contributed by atoms with Crippen LogP contribution in [0.3, 0.4) is 0 Å². The van der Waals surface area contributed by atoms with Crippen LogP contribution in [0, 0.1) is 0 Å². The van der Waals surface area contributed by atoms with E-state index in [1.165, 1.54) is 0 Å². The topological polar surface area (TPSA) is 83.6 Å². The van der Waals surface area contributed by atoms with Crippen molar-refractivity contribution < 1.29 is 14.7 Å². The Morgan fingerprint density at radius 1 is 1.46 bits per heavy atom. The molecule has 13 heavy (non-hydrogen) atoms. The third-order valence-electron chi connectivity index (χ3n) is 1.67. The predicted molar refractivity (Wildman–Crippen MR) is 45.4 cm³/mol. The maximum atomic E-state index is 11.2. The van der Waals surface area contributed by atoms with Crippen LogP contribution in [0.2, 0.25) is 0 Å². The van der Waals surface area contributed by atoms with Crippen LogP contribution in [0.15, 0.2) is 23.6 Å². The van der Waals surface area contributed by atoms with Gasteiger partial charge in [-0.2, -0.15) is 0 Å². The van der Waals surface area contributed by atoms with Gasteiger partial charge in [0.1, 0.15) is 5.70 Å². The summed E-state index contributed by atoms with van der Waals surface area (Å²) in [7, 11) is 0. The summed E-state index contributed by atoms with van der Waals surface area (Å²) in [6.07, 6.45) is 1.97. The second kappa shape index (κ2) is 3.40. The third kappa shape index (κ3) is 1.75. The fraction of sp³-hybridized carbons (Fsp3) is 0.250. The molecule has 1 aliphatic rings. The minimum Gasteiger partial charge on any atom is -0.504 e. The van der Waals surface area contributed by atoms with E-state index in [4.69, 9.17) is 10.9 Å². The van der Waals surface area contributed by atoms with Gasteiger partial charge in [-0.3, -0.25) is 9.59 Å². The van der Waals surface area contributed by atoms with Crippen LogP contribution in [0.1, 0.15) is 6.92 Å². The number of hydrazine groups is 1. The highest BCUT2D eigenvalue weighted by atomic mass is 16.3. The van der Waals surface area contributed by atoms with Crippen molar-refractivity contribution in [2.24, 2.45) is 5.84 Å². The zero-order chi connectivity index (χ0) is 10.0. The molecule has 70 valence electrons. The lowest BCUT2D eigenvalue weighted by Crippen LogP contribution is -2.36. The largest absolute Gasteiger partial charge is 0.504 e. The number of Topliss-reactive ketones (excluding diaryl/α,β-unsaturated/α-hetero) is 1. The van der Waals surface area contributed by atoms with E-state index < -0.39 is 17.3 Å². The summed E-state index contributed by atoms with van der Waals surface area (Å²) in [4.78, 5) is 22.1. The highest BCUT2D eigenvalue weighted by Crippen LogP contribution is 2.11. The number of rotatable bonds is 2. The lowest BCUT2D eigenvalue weighted by atomic mass is 10.1. The molecular weight excluding hydrogens is 172 g/mol. The van der Waals surface area contributed by atoms with Gasteiger partial charge in [-0.1, -0.05) is 0 Å². The molecule has 0 fully saturated rings. The van der Waals surface area contributed by atoms with E-state index in [-0.39, 0.29) is 5.70 Å². The molecule has 0 atom stereocenters. The Hall–Kier alpha value is -1.62. The van der Waals surface area contributed by atoms with E-state index in [0.717, 1.165) is 17.2 Å². The van der Waals surface area contributed by atoms with Gasteiger partial charge in [0.15, 0.2) is 11.5 Å². The molecule has 0 heterocycles. The molecule has 1 aliphatic carbocycles. The molecule has 0 aromatic rings. The van der Waals surface area contributed by atoms with E-state index in [2.05, 4.69) is 0 Å². The average Bonchev–Trinajstić information content (AvgIpc) is 2.10. The monoisotopic (exact) mass is 182 g/mol. The summed E-state index contributed by atoms with van der Waals surface area (Å²) >= 11 is 0. The van der Waals surface area contributed by atoms with Gasteiger partial charge in [0, 0.05) is 18.7 Å². The van der Waals surface area contributed by atoms with Crippen LogP contribution in [0.4, 0.5) is 0 Å². The zero-order valence-corrected chi connectivity index (χ0v) is 7.15. The number of likely N-dealkylation sites (N-methyl/N-ethyl adjacent to an activating group) is 1. The Morgan fingerprint density at radius 3 is 2.62 bits per heavy atom. The molecule has 0 spiro atoms. The van der Waals surface area contributed by atoms with Crippen molar-refractivity contribution in [3.05, 3.63) is 23.6 Å². The Kier molecular flexibility index (Phi) is 2.48. The minimum atomic E-state index is -0.621. The summed E-state index contributed by atoms with van der Waals surface area (Å²) in [6, 6.07) is 0. The number of aliphatic hydroxyl groups is 1. The lowest BCUT2D eigenvalue weighted by Gasteiger charge is -2.19. The first-order valence-corrected chi connectivity index (χ1v) is 3.79. The van der Waals surface area contributed by atoms with Crippen LogP contribution in [0.25, 0.3) is 0 Å². The summed E-state index contributed by atoms with van der Waals surface area (Å²) in [6.45, 7) is 2.12. The number of hydrogen-bond donors (Lipinski definition) is 2. The molecule has 0 radical (unpaired) electrons. The van der Waals surface area contributed by atoms with E-state index in [0.29, 0.717) is 6.54 Å². The number of aliphatic hydroxyl groups excluding tert-OH is 1. The predicted octanol–water partition coefficient (Wildman–Crippen LogP) is -0.340. The van der Waals surface area contributed by atoms with Crippen LogP contribution >= 0.6 is 0 Å². The molecular formula is C8H10N2O3. The van der Waals surface area contributed by atoms with E-state index in [1.54, 1.807) is 6.92 Å². The van der Waals surface area contributed by atoms with Gasteiger partial charge in [0.05, 0.1) is 0 Å². The molecule has 0 amide bonds. The summed E-state index contributed by atoms with van der Waals surface area (Å²) in [5.74, 6) is 3.80. The number of ketones is 2. The number of nitrogens with two attached hydrogens (primary N) is 1. The number of carbonyl (C=O) groups is 2. The molecule has 5 heteroatoms. The van der Waals surface area contributed by atoms with Crippen LogP contribution in [-0.4, -0.2) is 28.2 Å². The zero-order valence-electron chi connectivity index (χ0n) is 7.15. The summed E-state index contributed by atoms with van der Waals surface area (Å²) in [5, 5.41) is 10.1. The van der Waals surface area contributed by atoms with E-state index in [9.17, 15) is 9.59 Å². The average molecular weight is 182 g/mol. The summed E-state index contributed by atoms with van der Waals surface area (Å²) < 4.78 is 0. The van der Waals surface area contributed by atoms with Gasteiger partial charge in [-0.15, -0.1) is 0 Å². The molecule has 0 saturated carbocycles. The maximum absolute atomic E-state index is 11.2. The third-order valence-corrected chi connectivity index (χ3v) is 1.67. The molecule has 0 aliphatic heterocycles. The second-order valence-electron chi connectivity index (χ2n) is 2.58. The van der Waals surface area contributed by atoms with E-state index in [1.807, 2.05) is 0 Å². The van der Waals surface area contributed by atoms with Crippen LogP contribution < -0.4 is 5.84 Å². The molecule has 3 N–H and O–H groups in total. The van der Waals surface area contributed by atoms with Gasteiger partial charge in [0.25, 0.3) is 0 Å². The molecule has 0 bridgehead atoms. The first-order chi connectivity index (χ1) is 6.06. The van der Waals surface area contributed by atoms with Gasteiger partial charge < -0.3 is 10.1 Å². The number of allylic oxidation sites excluding steroid dienone is 2. The highest BCUT2D eigenvalue weighted by molar-refractivity contribution is 6.18. The Labute approximate surface area is 75.1 Å². The molecule has 0 aromatic heterocycles. The van der Waals surface area contributed by atoms with Gasteiger partial charge >= 0.3 is 0 Å². The molecule has 0 saturated heterocycles. The van der Waals surface area contributed by atoms with Crippen molar-refractivity contribution in [2.45, 2.75) is 6.92 Å². The normalized spacial score (nSPS) is 16.8. The van der Waals surface area contributed by atoms with Gasteiger partial charge in [-0.05, 0) is 6.92 Å². The van der Waals surface area contributed by atoms with Gasteiger partial charge in [0.2, 0.25) is 5.78 Å². The standard InChI is InChI=1S/C8H10N2O3/c1-2-10(9)6-3-5(11)4-7(12)8(6)13/h3-4,12H,2,9H2,1H3. The van der Waals surface area contributed by atoms with Crippen molar-refractivity contribution in [2.75, 3.05) is 6.54 Å². The summed E-state index contributed by atoms with van der Waals surface area (Å²) in [5.41, 5.74) is 0.0208. The first-order valence-electron chi connectivity index (χ1n) is 3.79. The molecule has 0 aromatic carbocycles. The fourth-order valence-corrected chi connectivity index (χ4v) is 0.957. The second-order valence-corrected chi connectivity index (χ2v) is 2.58. The van der Waals surface area contributed by atoms with Gasteiger partial charge in [-0.25, -0.2) is 5.84 Å². The van der Waals surface area contributed by atoms with Crippen LogP contribution in [0.5, 0.6) is 0 Å². The first kappa shape index (κ1) is 9.47. The van der Waals surface area contributed by atoms with Crippen molar-refractivity contribution in [1.82, 2.24) is 5.01 Å². The van der Waals surface area contributed by atoms with Crippen molar-refractivity contribution in [3.63, 3.8) is 0 Å². The minimum absolute atomic E-state index is 0.0208. The van der Waals surface area contributed by atoms with Crippen molar-refractivity contribution >= 4 is 11.6 Å². The number of hydrogen-bond acceptors (Lipinski definition) is 5. The molecule has 5 nitrogen and oxygen atoms in total. The smallest absolute Gasteiger partial charge is 0.244 e. The quantitative estimate of drug-likeness (QED) is 0.347. The maximum Gasteiger partial charge on any atom is 0.244 e. The Bertz CT molecular complexity index is 317. The molecule has 0 unspecified atom stereocenters. The lowest BCUT2D eigenvalue weighted by molar-refractivity contribution is -0.118. The Morgan fingerprint density at radius 2 is 2.08 bits per heavy atom. The van der Waals surface area contributed by atoms with Crippen LogP contribution in [-0.2, 0) is 9.59 Å². The van der Waals surface area contributed by atoms with Crippen molar-refractivity contribution in [3.8, 4) is 0 Å². The van der Waals surface area contributed by atoms with E-state index >= 15 is 0 Å². The highest BCUT2D eigenvalue weighted by Gasteiger charge is 2.23. The number of nitrogens with zero attached hydrogens (tertiary/aromatic N) is 1. The number of carbonyl (C=O) groups excluding carboxylic acids is 2. The fourth-order valence-electron chi connectivity index (χ4n) is 0.957.